The molecule has 10 heteroatoms. The number of aromatic nitrogens is 5. The van der Waals surface area contributed by atoms with Crippen LogP contribution in [0.25, 0.3) is 27.8 Å². The molecule has 4 aromatic heterocycles. The molecule has 1 fully saturated rings. The standard InChI is InChI=1S/C22H19N7O3/c1-27-11-17(10-25-27)15-6-18(21-16(7-23)9-26-29(21)12-15)14-2-3-20(24-8-14)28-4-5-32-19(13-28)22(30)31/h2-3,6,8-12,19H,4-5,13H2,1H3,(H,30,31). The zero-order valence-electron chi connectivity index (χ0n) is 17.2. The lowest BCUT2D eigenvalue weighted by Gasteiger charge is -2.31. The maximum Gasteiger partial charge on any atom is 0.334 e. The Kier molecular flexibility index (Phi) is 4.80. The van der Waals surface area contributed by atoms with Gasteiger partial charge in [0.1, 0.15) is 11.9 Å². The lowest BCUT2D eigenvalue weighted by Crippen LogP contribution is -2.46. The van der Waals surface area contributed by atoms with Crippen LogP contribution >= 0.6 is 0 Å². The molecule has 1 atom stereocenters. The third-order valence-electron chi connectivity index (χ3n) is 5.50. The molecule has 1 aliphatic rings. The highest BCUT2D eigenvalue weighted by atomic mass is 16.5. The fourth-order valence-corrected chi connectivity index (χ4v) is 3.89. The van der Waals surface area contributed by atoms with Crippen molar-refractivity contribution >= 4 is 17.3 Å². The molecule has 0 spiro atoms. The van der Waals surface area contributed by atoms with Gasteiger partial charge in [-0.25, -0.2) is 14.3 Å². The lowest BCUT2D eigenvalue weighted by molar-refractivity contribution is -0.150. The first-order chi connectivity index (χ1) is 15.5. The zero-order valence-corrected chi connectivity index (χ0v) is 17.2. The third-order valence-corrected chi connectivity index (χ3v) is 5.50. The highest BCUT2D eigenvalue weighted by Gasteiger charge is 2.27. The molecule has 1 saturated heterocycles. The molecule has 0 bridgehead atoms. The number of anilines is 1. The second-order valence-corrected chi connectivity index (χ2v) is 7.56. The van der Waals surface area contributed by atoms with Gasteiger partial charge in [-0.2, -0.15) is 15.5 Å². The summed E-state index contributed by atoms with van der Waals surface area (Å²) in [6, 6.07) is 7.98. The highest BCUT2D eigenvalue weighted by Crippen LogP contribution is 2.32. The lowest BCUT2D eigenvalue weighted by atomic mass is 10.0. The first kappa shape index (κ1) is 19.7. The van der Waals surface area contributed by atoms with Gasteiger partial charge in [0.15, 0.2) is 6.10 Å². The number of aryl methyl sites for hydroxylation is 1. The van der Waals surface area contributed by atoms with Crippen LogP contribution in [0.15, 0.2) is 49.2 Å². The number of nitrogens with zero attached hydrogens (tertiary/aromatic N) is 7. The van der Waals surface area contributed by atoms with E-state index in [1.54, 1.807) is 27.8 Å². The predicted molar refractivity (Wildman–Crippen MR) is 115 cm³/mol. The Morgan fingerprint density at radius 2 is 2.06 bits per heavy atom. The molecule has 0 radical (unpaired) electrons. The van der Waals surface area contributed by atoms with Gasteiger partial charge in [0.25, 0.3) is 0 Å². The summed E-state index contributed by atoms with van der Waals surface area (Å²) in [4.78, 5) is 17.7. The monoisotopic (exact) mass is 429 g/mol. The van der Waals surface area contributed by atoms with Crippen molar-refractivity contribution in [3.8, 4) is 28.3 Å². The van der Waals surface area contributed by atoms with Crippen LogP contribution in [0, 0.1) is 11.3 Å². The smallest absolute Gasteiger partial charge is 0.334 e. The summed E-state index contributed by atoms with van der Waals surface area (Å²) < 4.78 is 8.72. The second-order valence-electron chi connectivity index (χ2n) is 7.56. The molecule has 1 unspecified atom stereocenters. The number of carboxylic acids is 1. The Balaban J connectivity index is 1.56. The molecular weight excluding hydrogens is 410 g/mol. The fraction of sp³-hybridized carbons (Fsp3) is 0.227. The van der Waals surface area contributed by atoms with Crippen molar-refractivity contribution in [2.24, 2.45) is 7.05 Å². The van der Waals surface area contributed by atoms with Crippen molar-refractivity contribution in [3.05, 3.63) is 54.7 Å². The fourth-order valence-electron chi connectivity index (χ4n) is 3.89. The van der Waals surface area contributed by atoms with Crippen molar-refractivity contribution in [1.29, 1.82) is 5.26 Å². The summed E-state index contributed by atoms with van der Waals surface area (Å²) >= 11 is 0. The Hall–Kier alpha value is -4.23. The Morgan fingerprint density at radius 3 is 2.75 bits per heavy atom. The quantitative estimate of drug-likeness (QED) is 0.522. The topological polar surface area (TPSA) is 122 Å². The van der Waals surface area contributed by atoms with Gasteiger partial charge in [-0.15, -0.1) is 0 Å². The van der Waals surface area contributed by atoms with E-state index in [0.717, 1.165) is 22.3 Å². The summed E-state index contributed by atoms with van der Waals surface area (Å²) in [5, 5.41) is 27.4. The van der Waals surface area contributed by atoms with E-state index in [1.165, 1.54) is 0 Å². The average molecular weight is 429 g/mol. The number of aliphatic carboxylic acids is 1. The molecule has 0 saturated carbocycles. The van der Waals surface area contributed by atoms with Crippen molar-refractivity contribution < 1.29 is 14.6 Å². The number of nitriles is 1. The molecule has 1 aliphatic heterocycles. The van der Waals surface area contributed by atoms with Crippen molar-refractivity contribution in [1.82, 2.24) is 24.4 Å². The van der Waals surface area contributed by atoms with Gasteiger partial charge in [0.2, 0.25) is 0 Å². The largest absolute Gasteiger partial charge is 0.479 e. The number of morpholine rings is 1. The normalized spacial score (nSPS) is 16.2. The molecule has 1 N–H and O–H groups in total. The highest BCUT2D eigenvalue weighted by molar-refractivity contribution is 5.87. The van der Waals surface area contributed by atoms with E-state index >= 15 is 0 Å². The van der Waals surface area contributed by atoms with Gasteiger partial charge < -0.3 is 14.7 Å². The SMILES string of the molecule is Cn1cc(-c2cc(-c3ccc(N4CCOC(C(=O)O)C4)nc3)c3c(C#N)cnn3c2)cn1. The van der Waals surface area contributed by atoms with Gasteiger partial charge in [0, 0.05) is 54.4 Å². The molecule has 0 aromatic carbocycles. The maximum absolute atomic E-state index is 11.3. The van der Waals surface area contributed by atoms with E-state index in [2.05, 4.69) is 21.3 Å². The third kappa shape index (κ3) is 3.44. The van der Waals surface area contributed by atoms with Crippen molar-refractivity contribution in [3.63, 3.8) is 0 Å². The number of rotatable bonds is 4. The summed E-state index contributed by atoms with van der Waals surface area (Å²) in [7, 11) is 1.85. The minimum atomic E-state index is -0.981. The molecule has 32 heavy (non-hydrogen) atoms. The number of hydrogen-bond acceptors (Lipinski definition) is 7. The zero-order chi connectivity index (χ0) is 22.2. The molecule has 160 valence electrons. The summed E-state index contributed by atoms with van der Waals surface area (Å²) in [5.41, 5.74) is 4.66. The molecular formula is C22H19N7O3. The van der Waals surface area contributed by atoms with Crippen LogP contribution in [0.3, 0.4) is 0 Å². The van der Waals surface area contributed by atoms with Crippen LogP contribution in [-0.2, 0) is 16.6 Å². The Bertz CT molecular complexity index is 1350. The van der Waals surface area contributed by atoms with Crippen LogP contribution in [0.1, 0.15) is 5.56 Å². The summed E-state index contributed by atoms with van der Waals surface area (Å²) in [5.74, 6) is -0.303. The minimum absolute atomic E-state index is 0.240. The van der Waals surface area contributed by atoms with Gasteiger partial charge >= 0.3 is 5.97 Å². The number of fused-ring (bicyclic) bond motifs is 1. The number of ether oxygens (including phenoxy) is 1. The van der Waals surface area contributed by atoms with Gasteiger partial charge in [-0.05, 0) is 18.2 Å². The Labute approximate surface area is 182 Å². The van der Waals surface area contributed by atoms with Gasteiger partial charge in [-0.1, -0.05) is 0 Å². The number of carboxylic acid groups (broad SMARTS) is 1. The van der Waals surface area contributed by atoms with E-state index in [0.29, 0.717) is 30.0 Å². The van der Waals surface area contributed by atoms with Crippen LogP contribution in [0.5, 0.6) is 0 Å². The van der Waals surface area contributed by atoms with Gasteiger partial charge in [0.05, 0.1) is 36.6 Å². The van der Waals surface area contributed by atoms with Crippen LogP contribution in [0.2, 0.25) is 0 Å². The van der Waals surface area contributed by atoms with E-state index in [-0.39, 0.29) is 6.54 Å². The number of pyridine rings is 2. The number of carbonyl (C=O) groups is 1. The van der Waals surface area contributed by atoms with Crippen LogP contribution in [-0.4, -0.2) is 61.3 Å². The maximum atomic E-state index is 11.3. The van der Waals surface area contributed by atoms with Crippen molar-refractivity contribution in [2.45, 2.75) is 6.10 Å². The molecule has 10 nitrogen and oxygen atoms in total. The molecule has 0 aliphatic carbocycles. The van der Waals surface area contributed by atoms with Gasteiger partial charge in [-0.3, -0.25) is 4.68 Å². The number of hydrogen-bond donors (Lipinski definition) is 1. The molecule has 0 amide bonds. The molecule has 5 heterocycles. The molecule has 5 rings (SSSR count). The second kappa shape index (κ2) is 7.79. The summed E-state index contributed by atoms with van der Waals surface area (Å²) in [6.45, 7) is 1.14. The first-order valence-electron chi connectivity index (χ1n) is 10.00. The average Bonchev–Trinajstić information content (AvgIpc) is 3.44. The van der Waals surface area contributed by atoms with Crippen LogP contribution < -0.4 is 4.90 Å². The van der Waals surface area contributed by atoms with E-state index in [1.807, 2.05) is 42.5 Å². The van der Waals surface area contributed by atoms with Crippen LogP contribution in [0.4, 0.5) is 5.82 Å². The van der Waals surface area contributed by atoms with E-state index in [4.69, 9.17) is 4.74 Å². The predicted octanol–water partition coefficient (Wildman–Crippen LogP) is 1.96. The minimum Gasteiger partial charge on any atom is -0.479 e. The van der Waals surface area contributed by atoms with Crippen molar-refractivity contribution in [2.75, 3.05) is 24.6 Å². The summed E-state index contributed by atoms with van der Waals surface area (Å²) in [6.07, 6.45) is 7.98. The first-order valence-corrected chi connectivity index (χ1v) is 10.00. The Morgan fingerprint density at radius 1 is 1.19 bits per heavy atom. The van der Waals surface area contributed by atoms with E-state index in [9.17, 15) is 15.2 Å². The van der Waals surface area contributed by atoms with E-state index < -0.39 is 12.1 Å². The molecule has 4 aromatic rings.